The summed E-state index contributed by atoms with van der Waals surface area (Å²) >= 11 is 6.19. The molecule has 0 spiro atoms. The SMILES string of the molecule is CCC1C(=O)Nc2c(Cl)cc(CC(C)N)cc21. The first kappa shape index (κ1) is 12.4. The van der Waals surface area contributed by atoms with Gasteiger partial charge in [0.05, 0.1) is 16.6 Å². The lowest BCUT2D eigenvalue weighted by molar-refractivity contribution is -0.117. The van der Waals surface area contributed by atoms with Crippen molar-refractivity contribution in [3.05, 3.63) is 28.3 Å². The van der Waals surface area contributed by atoms with E-state index < -0.39 is 0 Å². The van der Waals surface area contributed by atoms with Crippen LogP contribution < -0.4 is 11.1 Å². The molecule has 0 aliphatic carbocycles. The molecule has 0 fully saturated rings. The van der Waals surface area contributed by atoms with Gasteiger partial charge in [-0.15, -0.1) is 0 Å². The lowest BCUT2D eigenvalue weighted by Crippen LogP contribution is -2.17. The van der Waals surface area contributed by atoms with Crippen LogP contribution in [0.4, 0.5) is 5.69 Å². The number of anilines is 1. The molecule has 0 saturated heterocycles. The minimum absolute atomic E-state index is 0.0438. The van der Waals surface area contributed by atoms with Crippen LogP contribution >= 0.6 is 11.6 Å². The van der Waals surface area contributed by atoms with Crippen molar-refractivity contribution in [1.29, 1.82) is 0 Å². The largest absolute Gasteiger partial charge is 0.328 e. The Balaban J connectivity index is 2.43. The number of halogens is 1. The Morgan fingerprint density at radius 1 is 1.53 bits per heavy atom. The predicted octanol–water partition coefficient (Wildman–Crippen LogP) is 2.68. The number of nitrogens with one attached hydrogen (secondary N) is 1. The van der Waals surface area contributed by atoms with Gasteiger partial charge in [0.25, 0.3) is 0 Å². The fourth-order valence-electron chi connectivity index (χ4n) is 2.34. The van der Waals surface area contributed by atoms with E-state index in [-0.39, 0.29) is 17.9 Å². The van der Waals surface area contributed by atoms with Crippen LogP contribution in [-0.2, 0) is 11.2 Å². The van der Waals surface area contributed by atoms with E-state index in [1.54, 1.807) is 0 Å². The molecule has 1 aromatic carbocycles. The Morgan fingerprint density at radius 2 is 2.24 bits per heavy atom. The van der Waals surface area contributed by atoms with E-state index in [9.17, 15) is 4.79 Å². The summed E-state index contributed by atoms with van der Waals surface area (Å²) in [4.78, 5) is 11.8. The zero-order valence-corrected chi connectivity index (χ0v) is 10.8. The molecule has 1 amide bonds. The van der Waals surface area contributed by atoms with Gasteiger partial charge in [-0.3, -0.25) is 4.79 Å². The van der Waals surface area contributed by atoms with E-state index in [1.165, 1.54) is 0 Å². The summed E-state index contributed by atoms with van der Waals surface area (Å²) in [5, 5.41) is 3.46. The number of hydrogen-bond acceptors (Lipinski definition) is 2. The number of benzene rings is 1. The molecule has 1 aliphatic rings. The third-order valence-corrected chi connectivity index (χ3v) is 3.38. The highest BCUT2D eigenvalue weighted by molar-refractivity contribution is 6.34. The molecule has 1 heterocycles. The van der Waals surface area contributed by atoms with Crippen LogP contribution in [0.1, 0.15) is 37.3 Å². The summed E-state index contributed by atoms with van der Waals surface area (Å²) in [6.45, 7) is 3.97. The van der Waals surface area contributed by atoms with Gasteiger partial charge in [-0.2, -0.15) is 0 Å². The summed E-state index contributed by atoms with van der Waals surface area (Å²) in [6, 6.07) is 4.04. The molecule has 0 aromatic heterocycles. The molecule has 0 saturated carbocycles. The molecular formula is C13H17ClN2O. The van der Waals surface area contributed by atoms with Crippen LogP contribution in [0.15, 0.2) is 12.1 Å². The average molecular weight is 253 g/mol. The Hall–Kier alpha value is -1.06. The molecule has 3 nitrogen and oxygen atoms in total. The van der Waals surface area contributed by atoms with E-state index in [2.05, 4.69) is 11.4 Å². The minimum atomic E-state index is -0.0736. The number of hydrogen-bond donors (Lipinski definition) is 2. The van der Waals surface area contributed by atoms with Crippen molar-refractivity contribution in [2.45, 2.75) is 38.6 Å². The van der Waals surface area contributed by atoms with Crippen LogP contribution in [0.2, 0.25) is 5.02 Å². The fraction of sp³-hybridized carbons (Fsp3) is 0.462. The van der Waals surface area contributed by atoms with Gasteiger partial charge in [0.15, 0.2) is 0 Å². The van der Waals surface area contributed by atoms with E-state index >= 15 is 0 Å². The quantitative estimate of drug-likeness (QED) is 0.869. The van der Waals surface area contributed by atoms with Gasteiger partial charge in [-0.25, -0.2) is 0 Å². The molecule has 3 N–H and O–H groups in total. The van der Waals surface area contributed by atoms with Crippen LogP contribution in [-0.4, -0.2) is 11.9 Å². The second-order valence-electron chi connectivity index (χ2n) is 4.67. The van der Waals surface area contributed by atoms with Crippen molar-refractivity contribution in [2.75, 3.05) is 5.32 Å². The summed E-state index contributed by atoms with van der Waals surface area (Å²) in [5.41, 5.74) is 8.67. The fourth-order valence-corrected chi connectivity index (χ4v) is 2.64. The Kier molecular flexibility index (Phi) is 3.40. The van der Waals surface area contributed by atoms with Gasteiger partial charge < -0.3 is 11.1 Å². The van der Waals surface area contributed by atoms with Gasteiger partial charge in [0.1, 0.15) is 0 Å². The number of carbonyl (C=O) groups excluding carboxylic acids is 1. The molecule has 92 valence electrons. The van der Waals surface area contributed by atoms with E-state index in [1.807, 2.05) is 19.9 Å². The van der Waals surface area contributed by atoms with Gasteiger partial charge in [-0.05, 0) is 37.0 Å². The van der Waals surface area contributed by atoms with E-state index in [0.717, 1.165) is 29.7 Å². The lowest BCUT2D eigenvalue weighted by Gasteiger charge is -2.11. The van der Waals surface area contributed by atoms with Crippen LogP contribution in [0.5, 0.6) is 0 Å². The first-order chi connectivity index (χ1) is 8.02. The Labute approximate surface area is 106 Å². The summed E-state index contributed by atoms with van der Waals surface area (Å²) in [5.74, 6) is -0.0297. The topological polar surface area (TPSA) is 55.1 Å². The first-order valence-corrected chi connectivity index (χ1v) is 6.29. The highest BCUT2D eigenvalue weighted by Gasteiger charge is 2.30. The minimum Gasteiger partial charge on any atom is -0.328 e. The monoisotopic (exact) mass is 252 g/mol. The smallest absolute Gasteiger partial charge is 0.232 e. The molecule has 2 rings (SSSR count). The molecular weight excluding hydrogens is 236 g/mol. The Bertz CT molecular complexity index is 457. The maximum Gasteiger partial charge on any atom is 0.232 e. The van der Waals surface area contributed by atoms with Crippen molar-refractivity contribution < 1.29 is 4.79 Å². The molecule has 2 atom stereocenters. The lowest BCUT2D eigenvalue weighted by atomic mass is 9.95. The van der Waals surface area contributed by atoms with Crippen molar-refractivity contribution in [2.24, 2.45) is 5.73 Å². The first-order valence-electron chi connectivity index (χ1n) is 5.91. The number of carbonyl (C=O) groups is 1. The predicted molar refractivity (Wildman–Crippen MR) is 70.5 cm³/mol. The van der Waals surface area contributed by atoms with Crippen molar-refractivity contribution in [3.63, 3.8) is 0 Å². The third kappa shape index (κ3) is 2.31. The van der Waals surface area contributed by atoms with Crippen LogP contribution in [0.25, 0.3) is 0 Å². The van der Waals surface area contributed by atoms with Crippen LogP contribution in [0.3, 0.4) is 0 Å². The highest BCUT2D eigenvalue weighted by atomic mass is 35.5. The van der Waals surface area contributed by atoms with Gasteiger partial charge in [-0.1, -0.05) is 24.6 Å². The molecule has 1 aromatic rings. The maximum atomic E-state index is 11.8. The number of fused-ring (bicyclic) bond motifs is 1. The number of nitrogens with two attached hydrogens (primary N) is 1. The molecule has 17 heavy (non-hydrogen) atoms. The van der Waals surface area contributed by atoms with Crippen LogP contribution in [0, 0.1) is 0 Å². The third-order valence-electron chi connectivity index (χ3n) is 3.09. The Morgan fingerprint density at radius 3 is 2.82 bits per heavy atom. The molecule has 0 bridgehead atoms. The summed E-state index contributed by atoms with van der Waals surface area (Å²) in [7, 11) is 0. The van der Waals surface area contributed by atoms with Crippen molar-refractivity contribution >= 4 is 23.2 Å². The van der Waals surface area contributed by atoms with Gasteiger partial charge in [0, 0.05) is 6.04 Å². The highest BCUT2D eigenvalue weighted by Crippen LogP contribution is 2.40. The maximum absolute atomic E-state index is 11.8. The zero-order chi connectivity index (χ0) is 12.6. The van der Waals surface area contributed by atoms with Gasteiger partial charge in [0.2, 0.25) is 5.91 Å². The molecule has 1 aliphatic heterocycles. The van der Waals surface area contributed by atoms with Crippen molar-refractivity contribution in [3.8, 4) is 0 Å². The van der Waals surface area contributed by atoms with Gasteiger partial charge >= 0.3 is 0 Å². The zero-order valence-electron chi connectivity index (χ0n) is 10.1. The number of rotatable bonds is 3. The average Bonchev–Trinajstić information content (AvgIpc) is 2.53. The van der Waals surface area contributed by atoms with E-state index in [0.29, 0.717) is 5.02 Å². The molecule has 0 radical (unpaired) electrons. The normalized spacial score (nSPS) is 20.0. The standard InChI is InChI=1S/C13H17ClN2O/c1-3-9-10-5-8(4-7(2)15)6-11(14)12(10)16-13(9)17/h5-7,9H,3-4,15H2,1-2H3,(H,16,17). The summed E-state index contributed by atoms with van der Waals surface area (Å²) in [6.07, 6.45) is 1.56. The second-order valence-corrected chi connectivity index (χ2v) is 5.08. The second kappa shape index (κ2) is 4.67. The summed E-state index contributed by atoms with van der Waals surface area (Å²) < 4.78 is 0. The molecule has 2 unspecified atom stereocenters. The van der Waals surface area contributed by atoms with E-state index in [4.69, 9.17) is 17.3 Å². The van der Waals surface area contributed by atoms with Crippen molar-refractivity contribution in [1.82, 2.24) is 0 Å². The number of amides is 1. The molecule has 4 heteroatoms.